The number of amides is 1. The van der Waals surface area contributed by atoms with Crippen molar-refractivity contribution in [3.8, 4) is 0 Å². The van der Waals surface area contributed by atoms with Crippen LogP contribution in [0.3, 0.4) is 0 Å². The highest BCUT2D eigenvalue weighted by Crippen LogP contribution is 2.39. The standard InChI is InChI=1S/C15H20BrNOS/c1-15(2,7-8-16)10-17-14(18)12-9-19-13-6-4-3-5-11(12)13/h3-6,12H,7-10H2,1-2H3,(H,17,18). The average Bonchev–Trinajstić information content (AvgIpc) is 2.80. The van der Waals surface area contributed by atoms with E-state index in [2.05, 4.69) is 47.2 Å². The lowest BCUT2D eigenvalue weighted by Crippen LogP contribution is -2.37. The van der Waals surface area contributed by atoms with E-state index < -0.39 is 0 Å². The monoisotopic (exact) mass is 341 g/mol. The van der Waals surface area contributed by atoms with Crippen LogP contribution in [0.25, 0.3) is 0 Å². The number of halogens is 1. The fourth-order valence-corrected chi connectivity index (χ4v) is 4.48. The second-order valence-electron chi connectivity index (χ2n) is 5.72. The van der Waals surface area contributed by atoms with Crippen LogP contribution in [0.4, 0.5) is 0 Å². The largest absolute Gasteiger partial charge is 0.355 e. The van der Waals surface area contributed by atoms with Crippen LogP contribution in [0.15, 0.2) is 29.2 Å². The fourth-order valence-electron chi connectivity index (χ4n) is 2.17. The van der Waals surface area contributed by atoms with E-state index in [1.807, 2.05) is 12.1 Å². The van der Waals surface area contributed by atoms with Crippen molar-refractivity contribution in [2.24, 2.45) is 5.41 Å². The first-order valence-electron chi connectivity index (χ1n) is 6.59. The number of benzene rings is 1. The summed E-state index contributed by atoms with van der Waals surface area (Å²) in [6, 6.07) is 8.22. The van der Waals surface area contributed by atoms with Crippen LogP contribution in [0.5, 0.6) is 0 Å². The van der Waals surface area contributed by atoms with E-state index in [0.717, 1.165) is 24.0 Å². The Morgan fingerprint density at radius 2 is 2.21 bits per heavy atom. The molecule has 2 nitrogen and oxygen atoms in total. The van der Waals surface area contributed by atoms with Gasteiger partial charge in [0.1, 0.15) is 0 Å². The average molecular weight is 342 g/mol. The molecule has 1 atom stereocenters. The van der Waals surface area contributed by atoms with E-state index in [0.29, 0.717) is 0 Å². The van der Waals surface area contributed by atoms with E-state index in [-0.39, 0.29) is 17.2 Å². The predicted molar refractivity (Wildman–Crippen MR) is 85.1 cm³/mol. The quantitative estimate of drug-likeness (QED) is 0.825. The SMILES string of the molecule is CC(C)(CCBr)CNC(=O)C1CSc2ccccc21. The molecule has 0 aromatic heterocycles. The molecule has 0 saturated carbocycles. The Morgan fingerprint density at radius 1 is 1.47 bits per heavy atom. The van der Waals surface area contributed by atoms with Crippen molar-refractivity contribution in [1.29, 1.82) is 0 Å². The van der Waals surface area contributed by atoms with Crippen LogP contribution < -0.4 is 5.32 Å². The number of hydrogen-bond acceptors (Lipinski definition) is 2. The second kappa shape index (κ2) is 6.31. The fraction of sp³-hybridized carbons (Fsp3) is 0.533. The van der Waals surface area contributed by atoms with Crippen LogP contribution >= 0.6 is 27.7 Å². The van der Waals surface area contributed by atoms with E-state index >= 15 is 0 Å². The summed E-state index contributed by atoms with van der Waals surface area (Å²) in [6.07, 6.45) is 1.06. The summed E-state index contributed by atoms with van der Waals surface area (Å²) in [7, 11) is 0. The summed E-state index contributed by atoms with van der Waals surface area (Å²) < 4.78 is 0. The van der Waals surface area contributed by atoms with Gasteiger partial charge >= 0.3 is 0 Å². The number of thioether (sulfide) groups is 1. The number of carbonyl (C=O) groups is 1. The first-order chi connectivity index (χ1) is 9.03. The molecule has 4 heteroatoms. The van der Waals surface area contributed by atoms with Gasteiger partial charge in [-0.3, -0.25) is 4.79 Å². The van der Waals surface area contributed by atoms with Gasteiger partial charge in [0.2, 0.25) is 5.91 Å². The maximum Gasteiger partial charge on any atom is 0.228 e. The van der Waals surface area contributed by atoms with Crippen molar-refractivity contribution in [3.05, 3.63) is 29.8 Å². The van der Waals surface area contributed by atoms with Gasteiger partial charge in [0.25, 0.3) is 0 Å². The molecule has 0 spiro atoms. The lowest BCUT2D eigenvalue weighted by atomic mass is 9.90. The molecule has 0 fully saturated rings. The Morgan fingerprint density at radius 3 is 2.95 bits per heavy atom. The van der Waals surface area contributed by atoms with Gasteiger partial charge in [-0.25, -0.2) is 0 Å². The number of nitrogens with one attached hydrogen (secondary N) is 1. The van der Waals surface area contributed by atoms with E-state index in [4.69, 9.17) is 0 Å². The molecule has 0 bridgehead atoms. The summed E-state index contributed by atoms with van der Waals surface area (Å²) in [5.41, 5.74) is 1.33. The normalized spacial score (nSPS) is 18.2. The summed E-state index contributed by atoms with van der Waals surface area (Å²) in [4.78, 5) is 13.6. The van der Waals surface area contributed by atoms with Crippen molar-refractivity contribution in [1.82, 2.24) is 5.32 Å². The van der Waals surface area contributed by atoms with Gasteiger partial charge in [-0.2, -0.15) is 0 Å². The van der Waals surface area contributed by atoms with Gasteiger partial charge in [0.05, 0.1) is 5.92 Å². The minimum atomic E-state index is 0.0148. The van der Waals surface area contributed by atoms with Gasteiger partial charge in [0, 0.05) is 22.5 Å². The zero-order chi connectivity index (χ0) is 13.9. The Hall–Kier alpha value is -0.480. The molecule has 1 aromatic rings. The molecule has 1 heterocycles. The van der Waals surface area contributed by atoms with E-state index in [1.54, 1.807) is 11.8 Å². The van der Waals surface area contributed by atoms with Crippen molar-refractivity contribution in [2.75, 3.05) is 17.6 Å². The third-order valence-electron chi connectivity index (χ3n) is 3.53. The van der Waals surface area contributed by atoms with Gasteiger partial charge in [0.15, 0.2) is 0 Å². The molecule has 1 aliphatic rings. The van der Waals surface area contributed by atoms with Crippen LogP contribution in [-0.2, 0) is 4.79 Å². The molecule has 19 heavy (non-hydrogen) atoms. The number of hydrogen-bond donors (Lipinski definition) is 1. The summed E-state index contributed by atoms with van der Waals surface area (Å²) in [6.45, 7) is 5.11. The van der Waals surface area contributed by atoms with E-state index in [9.17, 15) is 4.79 Å². The number of fused-ring (bicyclic) bond motifs is 1. The van der Waals surface area contributed by atoms with Crippen molar-refractivity contribution < 1.29 is 4.79 Å². The van der Waals surface area contributed by atoms with Crippen LogP contribution in [0.2, 0.25) is 0 Å². The Kier molecular flexibility index (Phi) is 4.96. The first-order valence-corrected chi connectivity index (χ1v) is 8.69. The van der Waals surface area contributed by atoms with Crippen LogP contribution in [0, 0.1) is 5.41 Å². The minimum absolute atomic E-state index is 0.0148. The highest BCUT2D eigenvalue weighted by atomic mass is 79.9. The molecule has 1 amide bonds. The van der Waals surface area contributed by atoms with Crippen LogP contribution in [0.1, 0.15) is 31.7 Å². The maximum absolute atomic E-state index is 12.3. The first kappa shape index (κ1) is 14.9. The van der Waals surface area contributed by atoms with E-state index in [1.165, 1.54) is 10.5 Å². The van der Waals surface area contributed by atoms with Crippen LogP contribution in [-0.4, -0.2) is 23.5 Å². The Labute approximate surface area is 127 Å². The van der Waals surface area contributed by atoms with Gasteiger partial charge in [-0.15, -0.1) is 11.8 Å². The smallest absolute Gasteiger partial charge is 0.228 e. The topological polar surface area (TPSA) is 29.1 Å². The molecule has 104 valence electrons. The third-order valence-corrected chi connectivity index (χ3v) is 5.11. The third kappa shape index (κ3) is 3.76. The van der Waals surface area contributed by atoms with Gasteiger partial charge in [-0.1, -0.05) is 48.0 Å². The Bertz CT molecular complexity index is 461. The molecule has 1 aromatic carbocycles. The zero-order valence-electron chi connectivity index (χ0n) is 11.4. The predicted octanol–water partition coefficient (Wildman–Crippen LogP) is 3.80. The molecule has 0 radical (unpaired) electrons. The Balaban J connectivity index is 1.95. The van der Waals surface area contributed by atoms with Crippen molar-refractivity contribution in [2.45, 2.75) is 31.1 Å². The second-order valence-corrected chi connectivity index (χ2v) is 7.58. The number of alkyl halides is 1. The number of rotatable bonds is 5. The molecule has 2 rings (SSSR count). The lowest BCUT2D eigenvalue weighted by Gasteiger charge is -2.25. The lowest BCUT2D eigenvalue weighted by molar-refractivity contribution is -0.122. The van der Waals surface area contributed by atoms with Crippen molar-refractivity contribution in [3.63, 3.8) is 0 Å². The van der Waals surface area contributed by atoms with Gasteiger partial charge < -0.3 is 5.32 Å². The summed E-state index contributed by atoms with van der Waals surface area (Å²) >= 11 is 5.24. The highest BCUT2D eigenvalue weighted by Gasteiger charge is 2.29. The zero-order valence-corrected chi connectivity index (χ0v) is 13.8. The molecular weight excluding hydrogens is 322 g/mol. The maximum atomic E-state index is 12.3. The molecule has 1 unspecified atom stereocenters. The summed E-state index contributed by atoms with van der Waals surface area (Å²) in [5.74, 6) is 1.05. The summed E-state index contributed by atoms with van der Waals surface area (Å²) in [5, 5.41) is 4.09. The molecule has 1 N–H and O–H groups in total. The number of carbonyl (C=O) groups excluding carboxylic acids is 1. The molecular formula is C15H20BrNOS. The van der Waals surface area contributed by atoms with Gasteiger partial charge in [-0.05, 0) is 23.5 Å². The molecule has 1 aliphatic heterocycles. The van der Waals surface area contributed by atoms with Crippen molar-refractivity contribution >= 4 is 33.6 Å². The highest BCUT2D eigenvalue weighted by molar-refractivity contribution is 9.09. The minimum Gasteiger partial charge on any atom is -0.355 e. The molecule has 0 saturated heterocycles. The molecule has 0 aliphatic carbocycles.